The summed E-state index contributed by atoms with van der Waals surface area (Å²) in [6.45, 7) is 12.9. The Kier molecular flexibility index (Phi) is 4.23. The second-order valence-corrected chi connectivity index (χ2v) is 7.42. The Morgan fingerprint density at radius 2 is 1.53 bits per heavy atom. The second-order valence-electron chi connectivity index (χ2n) is 7.42. The summed E-state index contributed by atoms with van der Waals surface area (Å²) in [4.78, 5) is 0. The van der Waals surface area contributed by atoms with Gasteiger partial charge in [-0.15, -0.1) is 0 Å². The third kappa shape index (κ3) is 3.64. The number of alkyl halides is 2. The lowest BCUT2D eigenvalue weighted by Gasteiger charge is -2.48. The average molecular weight is 248 g/mol. The van der Waals surface area contributed by atoms with Gasteiger partial charge in [-0.25, -0.2) is 8.78 Å². The maximum absolute atomic E-state index is 12.8. The van der Waals surface area contributed by atoms with Gasteiger partial charge in [0.15, 0.2) is 0 Å². The van der Waals surface area contributed by atoms with Gasteiger partial charge >= 0.3 is 0 Å². The molecule has 1 aliphatic heterocycles. The SMILES string of the molecule is CC(C)(C)C1OCC(C(F)F)C[C@@H]1C(C)(C)C. The molecule has 0 saturated carbocycles. The van der Waals surface area contributed by atoms with Crippen molar-refractivity contribution >= 4 is 0 Å². The molecule has 1 rings (SSSR count). The molecule has 0 aliphatic carbocycles. The largest absolute Gasteiger partial charge is 0.377 e. The Hall–Kier alpha value is -0.180. The van der Waals surface area contributed by atoms with Gasteiger partial charge in [0, 0.05) is 5.92 Å². The molecule has 0 amide bonds. The van der Waals surface area contributed by atoms with E-state index in [0.717, 1.165) is 0 Å². The standard InChI is InChI=1S/C14H26F2O/c1-13(2,3)10-7-9(12(15)16)8-17-11(10)14(4,5)6/h9-12H,7-8H2,1-6H3/t9?,10-,11?/m0/s1. The van der Waals surface area contributed by atoms with Crippen LogP contribution in [0.25, 0.3) is 0 Å². The number of ether oxygens (including phenoxy) is 1. The number of hydrogen-bond acceptors (Lipinski definition) is 1. The minimum Gasteiger partial charge on any atom is -0.377 e. The Labute approximate surface area is 104 Å². The number of hydrogen-bond donors (Lipinski definition) is 0. The predicted molar refractivity (Wildman–Crippen MR) is 66.3 cm³/mol. The van der Waals surface area contributed by atoms with Crippen LogP contribution in [0.2, 0.25) is 0 Å². The summed E-state index contributed by atoms with van der Waals surface area (Å²) < 4.78 is 31.4. The topological polar surface area (TPSA) is 9.23 Å². The van der Waals surface area contributed by atoms with Gasteiger partial charge in [-0.3, -0.25) is 0 Å². The summed E-state index contributed by atoms with van der Waals surface area (Å²) in [5.41, 5.74) is 0.0105. The van der Waals surface area contributed by atoms with Crippen LogP contribution < -0.4 is 0 Å². The van der Waals surface area contributed by atoms with Crippen LogP contribution in [0.1, 0.15) is 48.0 Å². The molecule has 0 spiro atoms. The minimum atomic E-state index is -2.26. The van der Waals surface area contributed by atoms with Gasteiger partial charge in [-0.1, -0.05) is 41.5 Å². The Morgan fingerprint density at radius 1 is 1.00 bits per heavy atom. The first-order valence-electron chi connectivity index (χ1n) is 6.43. The van der Waals surface area contributed by atoms with Gasteiger partial charge in [0.2, 0.25) is 6.43 Å². The van der Waals surface area contributed by atoms with E-state index in [2.05, 4.69) is 41.5 Å². The van der Waals surface area contributed by atoms with E-state index in [1.54, 1.807) is 0 Å². The van der Waals surface area contributed by atoms with Crippen LogP contribution in [0.4, 0.5) is 8.78 Å². The zero-order valence-corrected chi connectivity index (χ0v) is 11.9. The normalized spacial score (nSPS) is 31.9. The summed E-state index contributed by atoms with van der Waals surface area (Å²) in [5, 5.41) is 0. The molecule has 1 fully saturated rings. The molecule has 0 N–H and O–H groups in total. The van der Waals surface area contributed by atoms with Crippen molar-refractivity contribution in [2.75, 3.05) is 6.61 Å². The molecule has 0 radical (unpaired) electrons. The fourth-order valence-electron chi connectivity index (χ4n) is 2.70. The van der Waals surface area contributed by atoms with Crippen LogP contribution in [0.15, 0.2) is 0 Å². The summed E-state index contributed by atoms with van der Waals surface area (Å²) in [6.07, 6.45) is -1.62. The van der Waals surface area contributed by atoms with Crippen molar-refractivity contribution < 1.29 is 13.5 Å². The number of halogens is 2. The molecule has 3 heteroatoms. The average Bonchev–Trinajstić information content (AvgIpc) is 2.14. The van der Waals surface area contributed by atoms with E-state index in [1.807, 2.05) is 0 Å². The second kappa shape index (κ2) is 4.83. The molecule has 2 unspecified atom stereocenters. The molecule has 0 aromatic rings. The highest BCUT2D eigenvalue weighted by molar-refractivity contribution is 4.92. The fourth-order valence-corrected chi connectivity index (χ4v) is 2.70. The van der Waals surface area contributed by atoms with E-state index in [4.69, 9.17) is 4.74 Å². The van der Waals surface area contributed by atoms with Crippen molar-refractivity contribution in [3.63, 3.8) is 0 Å². The predicted octanol–water partition coefficient (Wildman–Crippen LogP) is 4.37. The molecule has 0 aromatic heterocycles. The molecule has 1 heterocycles. The highest BCUT2D eigenvalue weighted by atomic mass is 19.3. The van der Waals surface area contributed by atoms with Gasteiger partial charge in [0.05, 0.1) is 12.7 Å². The van der Waals surface area contributed by atoms with E-state index in [1.165, 1.54) is 0 Å². The first-order chi connectivity index (χ1) is 7.53. The van der Waals surface area contributed by atoms with Crippen molar-refractivity contribution in [3.8, 4) is 0 Å². The van der Waals surface area contributed by atoms with Crippen LogP contribution in [0, 0.1) is 22.7 Å². The third-order valence-corrected chi connectivity index (χ3v) is 3.73. The summed E-state index contributed by atoms with van der Waals surface area (Å²) in [6, 6.07) is 0. The molecular weight excluding hydrogens is 222 g/mol. The lowest BCUT2D eigenvalue weighted by atomic mass is 9.65. The van der Waals surface area contributed by atoms with E-state index in [9.17, 15) is 8.78 Å². The molecule has 1 saturated heterocycles. The maximum atomic E-state index is 12.8. The quantitative estimate of drug-likeness (QED) is 0.669. The van der Waals surface area contributed by atoms with Gasteiger partial charge in [0.25, 0.3) is 0 Å². The molecule has 0 bridgehead atoms. The molecule has 1 aliphatic rings. The molecule has 17 heavy (non-hydrogen) atoms. The lowest BCUT2D eigenvalue weighted by molar-refractivity contribution is -0.157. The van der Waals surface area contributed by atoms with Crippen molar-refractivity contribution in [1.29, 1.82) is 0 Å². The maximum Gasteiger partial charge on any atom is 0.243 e. The molecule has 102 valence electrons. The summed E-state index contributed by atoms with van der Waals surface area (Å²) in [5.74, 6) is -0.409. The Bertz CT molecular complexity index is 250. The van der Waals surface area contributed by atoms with Crippen molar-refractivity contribution in [1.82, 2.24) is 0 Å². The van der Waals surface area contributed by atoms with Gasteiger partial charge in [0.1, 0.15) is 0 Å². The molecule has 1 nitrogen and oxygen atoms in total. The van der Waals surface area contributed by atoms with Crippen LogP contribution in [-0.4, -0.2) is 19.1 Å². The minimum absolute atomic E-state index is 0.00500. The highest BCUT2D eigenvalue weighted by Gasteiger charge is 2.45. The monoisotopic (exact) mass is 248 g/mol. The van der Waals surface area contributed by atoms with Crippen LogP contribution in [-0.2, 0) is 4.74 Å². The number of rotatable bonds is 1. The van der Waals surface area contributed by atoms with Crippen molar-refractivity contribution in [2.45, 2.75) is 60.5 Å². The first kappa shape index (κ1) is 14.9. The van der Waals surface area contributed by atoms with E-state index < -0.39 is 12.3 Å². The van der Waals surface area contributed by atoms with Gasteiger partial charge < -0.3 is 4.74 Å². The lowest BCUT2D eigenvalue weighted by Crippen LogP contribution is -2.48. The zero-order valence-electron chi connectivity index (χ0n) is 11.9. The molecule has 0 aromatic carbocycles. The first-order valence-corrected chi connectivity index (χ1v) is 6.43. The van der Waals surface area contributed by atoms with E-state index in [0.29, 0.717) is 6.42 Å². The summed E-state index contributed by atoms with van der Waals surface area (Å²) in [7, 11) is 0. The highest BCUT2D eigenvalue weighted by Crippen LogP contribution is 2.45. The summed E-state index contributed by atoms with van der Waals surface area (Å²) >= 11 is 0. The smallest absolute Gasteiger partial charge is 0.243 e. The molecular formula is C14H26F2O. The van der Waals surface area contributed by atoms with Gasteiger partial charge in [-0.2, -0.15) is 0 Å². The van der Waals surface area contributed by atoms with Crippen molar-refractivity contribution in [3.05, 3.63) is 0 Å². The fraction of sp³-hybridized carbons (Fsp3) is 1.00. The van der Waals surface area contributed by atoms with E-state index >= 15 is 0 Å². The Balaban J connectivity index is 2.88. The van der Waals surface area contributed by atoms with Crippen LogP contribution in [0.5, 0.6) is 0 Å². The molecule has 3 atom stereocenters. The zero-order chi connectivity index (χ0) is 13.4. The van der Waals surface area contributed by atoms with E-state index in [-0.39, 0.29) is 29.5 Å². The van der Waals surface area contributed by atoms with Crippen LogP contribution >= 0.6 is 0 Å². The third-order valence-electron chi connectivity index (χ3n) is 3.73. The van der Waals surface area contributed by atoms with Crippen molar-refractivity contribution in [2.24, 2.45) is 22.7 Å². The van der Waals surface area contributed by atoms with Crippen LogP contribution in [0.3, 0.4) is 0 Å². The Morgan fingerprint density at radius 3 is 1.88 bits per heavy atom. The van der Waals surface area contributed by atoms with Gasteiger partial charge in [-0.05, 0) is 23.2 Å².